The van der Waals surface area contributed by atoms with Crippen molar-refractivity contribution in [1.82, 2.24) is 19.7 Å². The predicted octanol–water partition coefficient (Wildman–Crippen LogP) is 1.74. The zero-order valence-electron chi connectivity index (χ0n) is 9.18. The van der Waals surface area contributed by atoms with Gasteiger partial charge in [-0.25, -0.2) is 19.4 Å². The van der Waals surface area contributed by atoms with Crippen LogP contribution in [0.4, 0.5) is 0 Å². The SMILES string of the molecule is Cc1cnc(-n2cc(C(=O)O)c(C)n2)nc1Br. The summed E-state index contributed by atoms with van der Waals surface area (Å²) in [7, 11) is 0. The number of carboxylic acids is 1. The average molecular weight is 297 g/mol. The Morgan fingerprint density at radius 2 is 2.18 bits per heavy atom. The maximum atomic E-state index is 10.9. The Bertz CT molecular complexity index is 594. The van der Waals surface area contributed by atoms with Crippen molar-refractivity contribution in [3.63, 3.8) is 0 Å². The van der Waals surface area contributed by atoms with Crippen LogP contribution in [0.1, 0.15) is 21.6 Å². The van der Waals surface area contributed by atoms with E-state index in [1.165, 1.54) is 10.9 Å². The van der Waals surface area contributed by atoms with E-state index in [1.54, 1.807) is 13.1 Å². The monoisotopic (exact) mass is 296 g/mol. The number of aromatic carboxylic acids is 1. The second-order valence-corrected chi connectivity index (χ2v) is 4.27. The molecular formula is C10H9BrN4O2. The zero-order valence-corrected chi connectivity index (χ0v) is 10.8. The van der Waals surface area contributed by atoms with Crippen LogP contribution in [0.25, 0.3) is 5.95 Å². The van der Waals surface area contributed by atoms with Gasteiger partial charge in [0.05, 0.1) is 5.69 Å². The number of halogens is 1. The smallest absolute Gasteiger partial charge is 0.339 e. The van der Waals surface area contributed by atoms with Crippen LogP contribution in [0.5, 0.6) is 0 Å². The van der Waals surface area contributed by atoms with E-state index < -0.39 is 5.97 Å². The van der Waals surface area contributed by atoms with Gasteiger partial charge in [-0.1, -0.05) is 0 Å². The summed E-state index contributed by atoms with van der Waals surface area (Å²) in [6.45, 7) is 3.49. The first-order chi connectivity index (χ1) is 7.99. The Balaban J connectivity index is 2.50. The van der Waals surface area contributed by atoms with Crippen molar-refractivity contribution in [1.29, 1.82) is 0 Å². The zero-order chi connectivity index (χ0) is 12.6. The Morgan fingerprint density at radius 1 is 1.47 bits per heavy atom. The molecule has 0 saturated carbocycles. The molecule has 0 fully saturated rings. The van der Waals surface area contributed by atoms with Crippen molar-refractivity contribution in [2.45, 2.75) is 13.8 Å². The fourth-order valence-electron chi connectivity index (χ4n) is 1.30. The lowest BCUT2D eigenvalue weighted by Crippen LogP contribution is -2.02. The minimum absolute atomic E-state index is 0.144. The minimum atomic E-state index is -1.01. The van der Waals surface area contributed by atoms with Gasteiger partial charge >= 0.3 is 5.97 Å². The number of aryl methyl sites for hydroxylation is 2. The van der Waals surface area contributed by atoms with E-state index in [0.29, 0.717) is 16.2 Å². The van der Waals surface area contributed by atoms with Crippen LogP contribution in [0.2, 0.25) is 0 Å². The summed E-state index contributed by atoms with van der Waals surface area (Å²) in [4.78, 5) is 19.1. The maximum absolute atomic E-state index is 10.9. The second-order valence-electron chi connectivity index (χ2n) is 3.52. The molecule has 0 aliphatic rings. The van der Waals surface area contributed by atoms with E-state index in [-0.39, 0.29) is 5.56 Å². The molecule has 0 saturated heterocycles. The highest BCUT2D eigenvalue weighted by atomic mass is 79.9. The number of hydrogen-bond donors (Lipinski definition) is 1. The van der Waals surface area contributed by atoms with Crippen LogP contribution in [-0.2, 0) is 0 Å². The third-order valence-electron chi connectivity index (χ3n) is 2.23. The molecular weight excluding hydrogens is 288 g/mol. The van der Waals surface area contributed by atoms with Crippen LogP contribution in [0.3, 0.4) is 0 Å². The molecule has 0 atom stereocenters. The number of carboxylic acid groups (broad SMARTS) is 1. The number of rotatable bonds is 2. The van der Waals surface area contributed by atoms with E-state index in [1.807, 2.05) is 6.92 Å². The van der Waals surface area contributed by atoms with Crippen molar-refractivity contribution in [2.24, 2.45) is 0 Å². The Labute approximate surface area is 105 Å². The third kappa shape index (κ3) is 2.19. The molecule has 0 spiro atoms. The van der Waals surface area contributed by atoms with Crippen molar-refractivity contribution in [2.75, 3.05) is 0 Å². The molecule has 0 unspecified atom stereocenters. The predicted molar refractivity (Wildman–Crippen MR) is 63.3 cm³/mol. The fraction of sp³-hybridized carbons (Fsp3) is 0.200. The van der Waals surface area contributed by atoms with E-state index in [2.05, 4.69) is 31.0 Å². The normalized spacial score (nSPS) is 10.5. The molecule has 88 valence electrons. The summed E-state index contributed by atoms with van der Waals surface area (Å²) >= 11 is 3.29. The molecule has 0 aliphatic heterocycles. The number of nitrogens with zero attached hydrogens (tertiary/aromatic N) is 4. The summed E-state index contributed by atoms with van der Waals surface area (Å²) in [5, 5.41) is 13.0. The first-order valence-corrected chi connectivity index (χ1v) is 5.57. The number of hydrogen-bond acceptors (Lipinski definition) is 4. The van der Waals surface area contributed by atoms with Crippen LogP contribution in [-0.4, -0.2) is 30.8 Å². The lowest BCUT2D eigenvalue weighted by atomic mass is 10.3. The van der Waals surface area contributed by atoms with Gasteiger partial charge in [0.15, 0.2) is 0 Å². The molecule has 2 aromatic rings. The molecule has 0 aliphatic carbocycles. The Hall–Kier alpha value is -1.76. The van der Waals surface area contributed by atoms with E-state index >= 15 is 0 Å². The van der Waals surface area contributed by atoms with Gasteiger partial charge in [-0.15, -0.1) is 0 Å². The molecule has 6 nitrogen and oxygen atoms in total. The highest BCUT2D eigenvalue weighted by Crippen LogP contribution is 2.14. The first kappa shape index (κ1) is 11.7. The second kappa shape index (κ2) is 4.25. The average Bonchev–Trinajstić information content (AvgIpc) is 2.64. The summed E-state index contributed by atoms with van der Waals surface area (Å²) in [5.74, 6) is -0.682. The van der Waals surface area contributed by atoms with Gasteiger partial charge in [-0.2, -0.15) is 5.10 Å². The quantitative estimate of drug-likeness (QED) is 0.854. The van der Waals surface area contributed by atoms with Crippen molar-refractivity contribution in [3.8, 4) is 5.95 Å². The lowest BCUT2D eigenvalue weighted by molar-refractivity contribution is 0.0696. The molecule has 0 bridgehead atoms. The molecule has 0 amide bonds. The summed E-state index contributed by atoms with van der Waals surface area (Å²) in [6, 6.07) is 0. The third-order valence-corrected chi connectivity index (χ3v) is 3.03. The van der Waals surface area contributed by atoms with Crippen LogP contribution in [0.15, 0.2) is 17.0 Å². The van der Waals surface area contributed by atoms with Gasteiger partial charge in [0, 0.05) is 18.0 Å². The molecule has 2 aromatic heterocycles. The van der Waals surface area contributed by atoms with Gasteiger partial charge in [0.1, 0.15) is 10.2 Å². The van der Waals surface area contributed by atoms with Crippen LogP contribution < -0.4 is 0 Å². The standard InChI is InChI=1S/C10H9BrN4O2/c1-5-3-12-10(13-8(5)11)15-4-7(9(16)17)6(2)14-15/h3-4H,1-2H3,(H,16,17). The molecule has 0 radical (unpaired) electrons. The summed E-state index contributed by atoms with van der Waals surface area (Å²) in [5.41, 5.74) is 1.47. The highest BCUT2D eigenvalue weighted by molar-refractivity contribution is 9.10. The Kier molecular flexibility index (Phi) is 2.93. The van der Waals surface area contributed by atoms with Crippen molar-refractivity contribution < 1.29 is 9.90 Å². The maximum Gasteiger partial charge on any atom is 0.339 e. The number of aromatic nitrogens is 4. The van der Waals surface area contributed by atoms with Gasteiger partial charge in [-0.3, -0.25) is 0 Å². The topological polar surface area (TPSA) is 80.9 Å². The van der Waals surface area contributed by atoms with Gasteiger partial charge in [0.2, 0.25) is 0 Å². The first-order valence-electron chi connectivity index (χ1n) is 4.78. The Morgan fingerprint density at radius 3 is 2.71 bits per heavy atom. The van der Waals surface area contributed by atoms with Gasteiger partial charge in [0.25, 0.3) is 5.95 Å². The molecule has 7 heteroatoms. The van der Waals surface area contributed by atoms with E-state index in [0.717, 1.165) is 5.56 Å². The molecule has 2 rings (SSSR count). The van der Waals surface area contributed by atoms with Crippen LogP contribution >= 0.6 is 15.9 Å². The summed E-state index contributed by atoms with van der Waals surface area (Å²) < 4.78 is 2.01. The van der Waals surface area contributed by atoms with Crippen molar-refractivity contribution in [3.05, 3.63) is 33.8 Å². The summed E-state index contributed by atoms with van der Waals surface area (Å²) in [6.07, 6.45) is 3.04. The molecule has 0 aromatic carbocycles. The minimum Gasteiger partial charge on any atom is -0.478 e. The van der Waals surface area contributed by atoms with E-state index in [9.17, 15) is 4.79 Å². The van der Waals surface area contributed by atoms with E-state index in [4.69, 9.17) is 5.11 Å². The van der Waals surface area contributed by atoms with Gasteiger partial charge in [-0.05, 0) is 29.8 Å². The fourth-order valence-corrected chi connectivity index (χ4v) is 1.56. The highest BCUT2D eigenvalue weighted by Gasteiger charge is 2.14. The molecule has 2 heterocycles. The largest absolute Gasteiger partial charge is 0.478 e. The molecule has 17 heavy (non-hydrogen) atoms. The van der Waals surface area contributed by atoms with Crippen molar-refractivity contribution >= 4 is 21.9 Å². The van der Waals surface area contributed by atoms with Crippen LogP contribution in [0, 0.1) is 13.8 Å². The lowest BCUT2D eigenvalue weighted by Gasteiger charge is -2.01. The number of carbonyl (C=O) groups is 1. The molecule has 1 N–H and O–H groups in total. The van der Waals surface area contributed by atoms with Gasteiger partial charge < -0.3 is 5.11 Å².